The van der Waals surface area contributed by atoms with Gasteiger partial charge in [0.05, 0.1) is 35.1 Å². The van der Waals surface area contributed by atoms with Gasteiger partial charge in [0.2, 0.25) is 5.91 Å². The van der Waals surface area contributed by atoms with E-state index in [1.54, 1.807) is 36.4 Å². The number of amides is 3. The summed E-state index contributed by atoms with van der Waals surface area (Å²) in [6.45, 7) is 0.988. The first-order valence-electron chi connectivity index (χ1n) is 10.9. The summed E-state index contributed by atoms with van der Waals surface area (Å²) in [5, 5.41) is 3.06. The maximum Gasteiger partial charge on any atom is 0.262 e. The fourth-order valence-electron chi connectivity index (χ4n) is 4.13. The monoisotopic (exact) mass is 476 g/mol. The number of carbonyl (C=O) groups excluding carboxylic acids is 3. The van der Waals surface area contributed by atoms with Crippen molar-refractivity contribution in [3.63, 3.8) is 0 Å². The molecule has 8 heteroatoms. The number of nitrogens with one attached hydrogen (secondary N) is 1. The summed E-state index contributed by atoms with van der Waals surface area (Å²) in [6, 6.07) is 17.9. The highest BCUT2D eigenvalue weighted by Crippen LogP contribution is 2.38. The van der Waals surface area contributed by atoms with Gasteiger partial charge in [0.15, 0.2) is 11.5 Å². The Kier molecular flexibility index (Phi) is 5.94. The van der Waals surface area contributed by atoms with Crippen LogP contribution in [0, 0.1) is 0 Å². The maximum atomic E-state index is 13.5. The zero-order chi connectivity index (χ0) is 23.7. The summed E-state index contributed by atoms with van der Waals surface area (Å²) < 4.78 is 11.3. The van der Waals surface area contributed by atoms with Gasteiger partial charge in [-0.1, -0.05) is 54.1 Å². The summed E-state index contributed by atoms with van der Waals surface area (Å²) >= 11 is 6.42. The molecule has 0 spiro atoms. The van der Waals surface area contributed by atoms with Crippen LogP contribution in [0.5, 0.6) is 11.5 Å². The lowest BCUT2D eigenvalue weighted by atomic mass is 10.0. The van der Waals surface area contributed by atoms with Gasteiger partial charge in [0.25, 0.3) is 11.8 Å². The van der Waals surface area contributed by atoms with E-state index in [9.17, 15) is 14.4 Å². The largest absolute Gasteiger partial charge is 0.490 e. The van der Waals surface area contributed by atoms with E-state index in [0.717, 1.165) is 16.9 Å². The van der Waals surface area contributed by atoms with E-state index >= 15 is 0 Å². The van der Waals surface area contributed by atoms with Crippen molar-refractivity contribution in [2.75, 3.05) is 18.5 Å². The molecule has 172 valence electrons. The highest BCUT2D eigenvalue weighted by molar-refractivity contribution is 6.34. The lowest BCUT2D eigenvalue weighted by molar-refractivity contribution is -0.119. The molecule has 2 heterocycles. The lowest BCUT2D eigenvalue weighted by Crippen LogP contribution is -2.48. The standard InChI is InChI=1S/C26H21ClN2O5/c27-19-14-22-23(34-12-6-11-33-22)15-20(19)28-24(30)21(13-16-7-2-1-3-8-16)29-25(31)17-9-4-5-10-18(17)26(29)32/h1-5,7-10,14-15,21H,6,11-13H2,(H,28,30)/t21-/m0/s1. The molecular weight excluding hydrogens is 456 g/mol. The average molecular weight is 477 g/mol. The Morgan fingerprint density at radius 1 is 0.912 bits per heavy atom. The fraction of sp³-hybridized carbons (Fsp3) is 0.192. The second kappa shape index (κ2) is 9.19. The van der Waals surface area contributed by atoms with Crippen molar-refractivity contribution in [3.05, 3.63) is 88.4 Å². The summed E-state index contributed by atoms with van der Waals surface area (Å²) in [4.78, 5) is 40.9. The van der Waals surface area contributed by atoms with E-state index in [0.29, 0.717) is 30.4 Å². The minimum absolute atomic E-state index is 0.153. The van der Waals surface area contributed by atoms with E-state index in [2.05, 4.69) is 5.32 Å². The van der Waals surface area contributed by atoms with E-state index < -0.39 is 23.8 Å². The molecule has 0 unspecified atom stereocenters. The lowest BCUT2D eigenvalue weighted by Gasteiger charge is -2.26. The molecule has 0 saturated carbocycles. The van der Waals surface area contributed by atoms with Crippen LogP contribution in [-0.2, 0) is 11.2 Å². The topological polar surface area (TPSA) is 84.9 Å². The van der Waals surface area contributed by atoms with Gasteiger partial charge in [0, 0.05) is 25.0 Å². The zero-order valence-corrected chi connectivity index (χ0v) is 18.9. The number of hydrogen-bond donors (Lipinski definition) is 1. The molecule has 0 bridgehead atoms. The summed E-state index contributed by atoms with van der Waals surface area (Å²) in [6.07, 6.45) is 0.882. The number of imide groups is 1. The SMILES string of the molecule is O=C(Nc1cc2c(cc1Cl)OCCCO2)[C@H](Cc1ccccc1)N1C(=O)c2ccccc2C1=O. The molecule has 7 nitrogen and oxygen atoms in total. The van der Waals surface area contributed by atoms with Gasteiger partial charge in [0.1, 0.15) is 6.04 Å². The van der Waals surface area contributed by atoms with Crippen molar-refractivity contribution in [3.8, 4) is 11.5 Å². The Morgan fingerprint density at radius 3 is 2.15 bits per heavy atom. The number of hydrogen-bond acceptors (Lipinski definition) is 5. The molecule has 0 aromatic heterocycles. The predicted octanol–water partition coefficient (Wildman–Crippen LogP) is 4.35. The molecule has 0 aliphatic carbocycles. The zero-order valence-electron chi connectivity index (χ0n) is 18.1. The van der Waals surface area contributed by atoms with Crippen LogP contribution in [0.25, 0.3) is 0 Å². The molecule has 2 aliphatic heterocycles. The first kappa shape index (κ1) is 22.0. The molecule has 2 aliphatic rings. The van der Waals surface area contributed by atoms with Crippen LogP contribution < -0.4 is 14.8 Å². The quantitative estimate of drug-likeness (QED) is 0.553. The second-order valence-electron chi connectivity index (χ2n) is 8.05. The van der Waals surface area contributed by atoms with Gasteiger partial charge in [-0.2, -0.15) is 0 Å². The Balaban J connectivity index is 1.48. The minimum atomic E-state index is -1.08. The smallest absolute Gasteiger partial charge is 0.262 e. The van der Waals surface area contributed by atoms with Crippen LogP contribution in [-0.4, -0.2) is 41.9 Å². The highest BCUT2D eigenvalue weighted by Gasteiger charge is 2.42. The molecule has 1 N–H and O–H groups in total. The summed E-state index contributed by atoms with van der Waals surface area (Å²) in [5.74, 6) is -0.558. The van der Waals surface area contributed by atoms with Crippen molar-refractivity contribution in [1.82, 2.24) is 4.90 Å². The first-order chi connectivity index (χ1) is 16.5. The number of ether oxygens (including phenoxy) is 2. The molecular formula is C26H21ClN2O5. The Bertz CT molecular complexity index is 1240. The van der Waals surface area contributed by atoms with Gasteiger partial charge in [-0.15, -0.1) is 0 Å². The van der Waals surface area contributed by atoms with Crippen molar-refractivity contribution in [1.29, 1.82) is 0 Å². The second-order valence-corrected chi connectivity index (χ2v) is 8.46. The number of anilines is 1. The Hall–Kier alpha value is -3.84. The number of carbonyl (C=O) groups is 3. The molecule has 1 atom stereocenters. The molecule has 5 rings (SSSR count). The molecule has 34 heavy (non-hydrogen) atoms. The van der Waals surface area contributed by atoms with Crippen LogP contribution in [0.1, 0.15) is 32.7 Å². The van der Waals surface area contributed by atoms with E-state index in [4.69, 9.17) is 21.1 Å². The summed E-state index contributed by atoms with van der Waals surface area (Å²) in [7, 11) is 0. The average Bonchev–Trinajstić information content (AvgIpc) is 2.97. The van der Waals surface area contributed by atoms with Gasteiger partial charge in [-0.25, -0.2) is 0 Å². The van der Waals surface area contributed by atoms with Gasteiger partial charge in [-0.05, 0) is 17.7 Å². The van der Waals surface area contributed by atoms with Gasteiger partial charge < -0.3 is 14.8 Å². The maximum absolute atomic E-state index is 13.5. The van der Waals surface area contributed by atoms with Crippen LogP contribution in [0.3, 0.4) is 0 Å². The molecule has 0 fully saturated rings. The van der Waals surface area contributed by atoms with Crippen molar-refractivity contribution < 1.29 is 23.9 Å². The molecule has 3 amide bonds. The fourth-order valence-corrected chi connectivity index (χ4v) is 4.33. The van der Waals surface area contributed by atoms with Gasteiger partial charge in [-0.3, -0.25) is 19.3 Å². The third-order valence-corrected chi connectivity index (χ3v) is 6.12. The Morgan fingerprint density at radius 2 is 1.50 bits per heavy atom. The molecule has 0 radical (unpaired) electrons. The van der Waals surface area contributed by atoms with E-state index in [-0.39, 0.29) is 22.6 Å². The summed E-state index contributed by atoms with van der Waals surface area (Å²) in [5.41, 5.74) is 1.69. The predicted molar refractivity (Wildman–Crippen MR) is 127 cm³/mol. The van der Waals surface area contributed by atoms with Crippen LogP contribution >= 0.6 is 11.6 Å². The van der Waals surface area contributed by atoms with Gasteiger partial charge >= 0.3 is 0 Å². The van der Waals surface area contributed by atoms with Crippen molar-refractivity contribution >= 4 is 35.0 Å². The highest BCUT2D eigenvalue weighted by atomic mass is 35.5. The third kappa shape index (κ3) is 4.10. The number of benzene rings is 3. The van der Waals surface area contributed by atoms with Crippen molar-refractivity contribution in [2.45, 2.75) is 18.9 Å². The van der Waals surface area contributed by atoms with E-state index in [1.807, 2.05) is 30.3 Å². The molecule has 0 saturated heterocycles. The normalized spacial score (nSPS) is 15.5. The van der Waals surface area contributed by atoms with Crippen LogP contribution in [0.2, 0.25) is 5.02 Å². The number of halogens is 1. The molecule has 3 aromatic carbocycles. The number of nitrogens with zero attached hydrogens (tertiary/aromatic N) is 1. The number of rotatable bonds is 5. The van der Waals surface area contributed by atoms with Crippen LogP contribution in [0.4, 0.5) is 5.69 Å². The van der Waals surface area contributed by atoms with Crippen molar-refractivity contribution in [2.24, 2.45) is 0 Å². The molecule has 3 aromatic rings. The van der Waals surface area contributed by atoms with Crippen LogP contribution in [0.15, 0.2) is 66.7 Å². The van der Waals surface area contributed by atoms with E-state index in [1.165, 1.54) is 0 Å². The minimum Gasteiger partial charge on any atom is -0.490 e. The Labute approximate surface area is 201 Å². The number of fused-ring (bicyclic) bond motifs is 2. The third-order valence-electron chi connectivity index (χ3n) is 5.81. The first-order valence-corrected chi connectivity index (χ1v) is 11.3.